The van der Waals surface area contributed by atoms with Gasteiger partial charge >= 0.3 is 11.9 Å². The number of carbonyl (C=O) groups is 2. The predicted octanol–water partition coefficient (Wildman–Crippen LogP) is 4.64. The summed E-state index contributed by atoms with van der Waals surface area (Å²) in [6.45, 7) is -0.330. The number of esters is 2. The molecule has 0 heterocycles. The Balaban J connectivity index is 2.06. The molecule has 2 aromatic carbocycles. The topological polar surface area (TPSA) is 61.8 Å². The molecule has 0 saturated heterocycles. The van der Waals surface area contributed by atoms with Crippen molar-refractivity contribution in [3.8, 4) is 11.5 Å². The first-order valence-corrected chi connectivity index (χ1v) is 8.53. The summed E-state index contributed by atoms with van der Waals surface area (Å²) in [7, 11) is 1.23. The van der Waals surface area contributed by atoms with Crippen LogP contribution in [0.3, 0.4) is 0 Å². The third-order valence-corrected chi connectivity index (χ3v) is 4.16. The highest BCUT2D eigenvalue weighted by Crippen LogP contribution is 2.28. The monoisotopic (exact) mass is 476 g/mol. The average molecular weight is 479 g/mol. The highest BCUT2D eigenvalue weighted by Gasteiger charge is 2.17. The predicted molar refractivity (Wildman–Crippen MR) is 95.8 cm³/mol. The van der Waals surface area contributed by atoms with Gasteiger partial charge in [0.05, 0.1) is 11.6 Å². The number of benzene rings is 2. The van der Waals surface area contributed by atoms with E-state index in [9.17, 15) is 9.59 Å². The van der Waals surface area contributed by atoms with Crippen LogP contribution in [0.25, 0.3) is 0 Å². The molecule has 0 radical (unpaired) electrons. The summed E-state index contributed by atoms with van der Waals surface area (Å²) in [5.74, 6) is -0.789. The maximum atomic E-state index is 12.0. The summed E-state index contributed by atoms with van der Waals surface area (Å²) in [6, 6.07) is 9.55. The van der Waals surface area contributed by atoms with Crippen molar-refractivity contribution >= 4 is 55.4 Å². The van der Waals surface area contributed by atoms with Crippen molar-refractivity contribution in [1.82, 2.24) is 0 Å². The van der Waals surface area contributed by atoms with Crippen LogP contribution in [0, 0.1) is 0 Å². The van der Waals surface area contributed by atoms with Crippen molar-refractivity contribution in [3.05, 3.63) is 55.9 Å². The van der Waals surface area contributed by atoms with Crippen LogP contribution in [0.1, 0.15) is 10.4 Å². The summed E-state index contributed by atoms with van der Waals surface area (Å²) < 4.78 is 16.7. The normalized spacial score (nSPS) is 10.2. The number of hydrogen-bond donors (Lipinski definition) is 0. The molecule has 0 bridgehead atoms. The smallest absolute Gasteiger partial charge is 0.349 e. The van der Waals surface area contributed by atoms with Gasteiger partial charge in [-0.2, -0.15) is 0 Å². The summed E-state index contributed by atoms with van der Waals surface area (Å²) in [4.78, 5) is 23.7. The summed E-state index contributed by atoms with van der Waals surface area (Å²) in [5, 5.41) is 0.324. The van der Waals surface area contributed by atoms with Crippen molar-refractivity contribution in [2.45, 2.75) is 0 Å². The molecule has 0 amide bonds. The minimum absolute atomic E-state index is 0.0507. The first-order chi connectivity index (χ1) is 11.4. The van der Waals surface area contributed by atoms with E-state index in [1.807, 2.05) is 0 Å². The fourth-order valence-corrected chi connectivity index (χ4v) is 3.08. The van der Waals surface area contributed by atoms with Gasteiger partial charge in [0.1, 0.15) is 17.1 Å². The van der Waals surface area contributed by atoms with Gasteiger partial charge in [0.2, 0.25) is 0 Å². The quantitative estimate of drug-likeness (QED) is 0.463. The first kappa shape index (κ1) is 18.8. The summed E-state index contributed by atoms with van der Waals surface area (Å²) in [6.07, 6.45) is 0. The second-order valence-electron chi connectivity index (χ2n) is 4.47. The molecule has 0 N–H and O–H groups in total. The van der Waals surface area contributed by atoms with Crippen LogP contribution in [0.2, 0.25) is 5.02 Å². The molecule has 5 nitrogen and oxygen atoms in total. The number of hydrogen-bond acceptors (Lipinski definition) is 5. The zero-order chi connectivity index (χ0) is 17.7. The van der Waals surface area contributed by atoms with Crippen molar-refractivity contribution in [1.29, 1.82) is 0 Å². The zero-order valence-electron chi connectivity index (χ0n) is 12.3. The number of methoxy groups -OCH3 is 1. The summed E-state index contributed by atoms with van der Waals surface area (Å²) in [5.41, 5.74) is 0.0585. The molecule has 0 spiro atoms. The number of rotatable bonds is 5. The second kappa shape index (κ2) is 8.50. The maximum Gasteiger partial charge on any atom is 0.349 e. The standard InChI is InChI=1S/C16H11Br2ClO5/c1-22-16(21)11-7-10(19)3-5-13(11)24-15(20)8-23-14-4-2-9(17)6-12(14)18/h2-7H,8H2,1H3. The largest absolute Gasteiger partial charge is 0.481 e. The molecular weight excluding hydrogens is 467 g/mol. The van der Waals surface area contributed by atoms with Gasteiger partial charge in [0.25, 0.3) is 0 Å². The van der Waals surface area contributed by atoms with Gasteiger partial charge in [-0.25, -0.2) is 9.59 Å². The highest BCUT2D eigenvalue weighted by molar-refractivity contribution is 9.11. The van der Waals surface area contributed by atoms with Gasteiger partial charge in [-0.15, -0.1) is 0 Å². The van der Waals surface area contributed by atoms with Gasteiger partial charge in [-0.3, -0.25) is 0 Å². The van der Waals surface area contributed by atoms with Crippen molar-refractivity contribution in [2.75, 3.05) is 13.7 Å². The van der Waals surface area contributed by atoms with Crippen molar-refractivity contribution < 1.29 is 23.8 Å². The van der Waals surface area contributed by atoms with Crippen LogP contribution in [0.5, 0.6) is 11.5 Å². The molecule has 0 aliphatic carbocycles. The Bertz CT molecular complexity index is 779. The molecule has 0 atom stereocenters. The maximum absolute atomic E-state index is 12.0. The molecular formula is C16H11Br2ClO5. The Morgan fingerprint density at radius 1 is 1.08 bits per heavy atom. The van der Waals surface area contributed by atoms with Crippen LogP contribution in [-0.2, 0) is 9.53 Å². The lowest BCUT2D eigenvalue weighted by Gasteiger charge is -2.11. The van der Waals surface area contributed by atoms with Crippen LogP contribution < -0.4 is 9.47 Å². The van der Waals surface area contributed by atoms with E-state index >= 15 is 0 Å². The molecule has 0 unspecified atom stereocenters. The van der Waals surface area contributed by atoms with Gasteiger partial charge in [0, 0.05) is 9.50 Å². The molecule has 0 saturated carbocycles. The molecule has 2 rings (SSSR count). The van der Waals surface area contributed by atoms with Crippen LogP contribution in [-0.4, -0.2) is 25.7 Å². The minimum Gasteiger partial charge on any atom is -0.481 e. The number of ether oxygens (including phenoxy) is 3. The zero-order valence-corrected chi connectivity index (χ0v) is 16.3. The van der Waals surface area contributed by atoms with E-state index in [4.69, 9.17) is 21.1 Å². The van der Waals surface area contributed by atoms with Gasteiger partial charge in [-0.05, 0) is 52.3 Å². The lowest BCUT2D eigenvalue weighted by atomic mass is 10.2. The van der Waals surface area contributed by atoms with E-state index in [1.165, 1.54) is 25.3 Å². The molecule has 8 heteroatoms. The van der Waals surface area contributed by atoms with Gasteiger partial charge in [0.15, 0.2) is 6.61 Å². The van der Waals surface area contributed by atoms with Gasteiger partial charge in [-0.1, -0.05) is 27.5 Å². The molecule has 24 heavy (non-hydrogen) atoms. The Morgan fingerprint density at radius 3 is 2.46 bits per heavy atom. The van der Waals surface area contributed by atoms with E-state index in [1.54, 1.807) is 18.2 Å². The molecule has 0 aromatic heterocycles. The van der Waals surface area contributed by atoms with E-state index in [2.05, 4.69) is 36.6 Å². The van der Waals surface area contributed by atoms with E-state index in [0.717, 1.165) is 4.47 Å². The molecule has 2 aromatic rings. The van der Waals surface area contributed by atoms with Crippen LogP contribution in [0.15, 0.2) is 45.3 Å². The van der Waals surface area contributed by atoms with E-state index in [-0.39, 0.29) is 17.9 Å². The van der Waals surface area contributed by atoms with Gasteiger partial charge < -0.3 is 14.2 Å². The van der Waals surface area contributed by atoms with E-state index in [0.29, 0.717) is 15.2 Å². The lowest BCUT2D eigenvalue weighted by molar-refractivity contribution is -0.136. The van der Waals surface area contributed by atoms with Crippen molar-refractivity contribution in [2.24, 2.45) is 0 Å². The molecule has 0 aliphatic heterocycles. The Labute approximate surface area is 160 Å². The highest BCUT2D eigenvalue weighted by atomic mass is 79.9. The third kappa shape index (κ3) is 4.96. The van der Waals surface area contributed by atoms with E-state index < -0.39 is 11.9 Å². The second-order valence-corrected chi connectivity index (χ2v) is 6.68. The Kier molecular flexibility index (Phi) is 6.65. The van der Waals surface area contributed by atoms with Crippen LogP contribution in [0.4, 0.5) is 0 Å². The SMILES string of the molecule is COC(=O)c1cc(Cl)ccc1OC(=O)COc1ccc(Br)cc1Br. The fourth-order valence-electron chi connectivity index (χ4n) is 1.74. The minimum atomic E-state index is -0.669. The number of halogens is 3. The fraction of sp³-hybridized carbons (Fsp3) is 0.125. The van der Waals surface area contributed by atoms with Crippen LogP contribution >= 0.6 is 43.5 Å². The van der Waals surface area contributed by atoms with Crippen molar-refractivity contribution in [3.63, 3.8) is 0 Å². The third-order valence-electron chi connectivity index (χ3n) is 2.81. The lowest BCUT2D eigenvalue weighted by Crippen LogP contribution is -2.19. The Morgan fingerprint density at radius 2 is 1.79 bits per heavy atom. The Hall–Kier alpha value is -1.57. The molecule has 0 aliphatic rings. The molecule has 126 valence electrons. The number of carbonyl (C=O) groups excluding carboxylic acids is 2. The average Bonchev–Trinajstić information content (AvgIpc) is 2.55. The first-order valence-electron chi connectivity index (χ1n) is 6.57. The molecule has 0 fully saturated rings. The summed E-state index contributed by atoms with van der Waals surface area (Å²) >= 11 is 12.5.